The van der Waals surface area contributed by atoms with Gasteiger partial charge in [-0.3, -0.25) is 5.32 Å². The number of fused-ring (bicyclic) bond motifs is 1. The molecular formula is C19H20N8O2S. The molecule has 2 unspecified atom stereocenters. The molecule has 0 aliphatic carbocycles. The molecule has 0 radical (unpaired) electrons. The van der Waals surface area contributed by atoms with Crippen LogP contribution < -0.4 is 15.4 Å². The molecule has 154 valence electrons. The maximum atomic E-state index is 13.4. The standard InChI is InChI=1S/C19H20N8O2S/c1-29-16-24-17(30-26-16)25-18(28)27-13(7-19(27)4-2-5-21-10-19)14-11(8-20)9-23-15-12(14)3-6-22-15/h3,6,9,13,21H,2,4-5,7,10H2,1H3,(H,22,23)(H,24,25,26,28). The van der Waals surface area contributed by atoms with Crippen LogP contribution in [-0.2, 0) is 0 Å². The molecule has 3 aromatic rings. The summed E-state index contributed by atoms with van der Waals surface area (Å²) in [6.45, 7) is 1.66. The number of nitriles is 1. The second-order valence-corrected chi connectivity index (χ2v) is 8.30. The molecule has 3 N–H and O–H groups in total. The predicted octanol–water partition coefficient (Wildman–Crippen LogP) is 2.40. The molecule has 5 heterocycles. The van der Waals surface area contributed by atoms with Crippen LogP contribution in [0.15, 0.2) is 18.5 Å². The van der Waals surface area contributed by atoms with E-state index in [2.05, 4.69) is 36.0 Å². The normalized spacial score (nSPS) is 23.2. The number of piperidine rings is 1. The van der Waals surface area contributed by atoms with Crippen molar-refractivity contribution in [2.45, 2.75) is 30.8 Å². The predicted molar refractivity (Wildman–Crippen MR) is 110 cm³/mol. The minimum absolute atomic E-state index is 0.222. The number of H-pyrrole nitrogens is 1. The first kappa shape index (κ1) is 18.8. The Bertz CT molecular complexity index is 1140. The van der Waals surface area contributed by atoms with Crippen molar-refractivity contribution in [2.24, 2.45) is 0 Å². The Morgan fingerprint density at radius 2 is 2.43 bits per heavy atom. The Labute approximate surface area is 176 Å². The lowest BCUT2D eigenvalue weighted by Crippen LogP contribution is -2.69. The van der Waals surface area contributed by atoms with E-state index in [0.29, 0.717) is 16.3 Å². The molecule has 2 aliphatic rings. The monoisotopic (exact) mass is 424 g/mol. The molecule has 10 nitrogen and oxygen atoms in total. The molecule has 2 saturated heterocycles. The molecule has 2 aliphatic heterocycles. The molecule has 11 heteroatoms. The lowest BCUT2D eigenvalue weighted by atomic mass is 9.70. The Kier molecular flexibility index (Phi) is 4.52. The van der Waals surface area contributed by atoms with Gasteiger partial charge in [0, 0.05) is 41.4 Å². The van der Waals surface area contributed by atoms with Crippen LogP contribution in [0.3, 0.4) is 0 Å². The molecule has 0 bridgehead atoms. The number of nitrogens with zero attached hydrogens (tertiary/aromatic N) is 5. The van der Waals surface area contributed by atoms with Crippen molar-refractivity contribution < 1.29 is 9.53 Å². The molecule has 2 atom stereocenters. The average Bonchev–Trinajstić information content (AvgIpc) is 3.41. The van der Waals surface area contributed by atoms with E-state index >= 15 is 0 Å². The van der Waals surface area contributed by atoms with Crippen molar-refractivity contribution in [1.29, 1.82) is 5.26 Å². The number of methoxy groups -OCH3 is 1. The summed E-state index contributed by atoms with van der Waals surface area (Å²) in [6, 6.07) is 3.91. The van der Waals surface area contributed by atoms with E-state index in [1.807, 2.05) is 11.0 Å². The number of urea groups is 1. The Balaban J connectivity index is 1.53. The van der Waals surface area contributed by atoms with Crippen molar-refractivity contribution in [3.63, 3.8) is 0 Å². The van der Waals surface area contributed by atoms with Gasteiger partial charge in [0.2, 0.25) is 5.13 Å². The number of pyridine rings is 1. The Morgan fingerprint density at radius 3 is 3.17 bits per heavy atom. The summed E-state index contributed by atoms with van der Waals surface area (Å²) in [6.07, 6.45) is 6.06. The van der Waals surface area contributed by atoms with Crippen LogP contribution in [0.1, 0.15) is 36.4 Å². The number of ether oxygens (including phenoxy) is 1. The minimum atomic E-state index is -0.291. The lowest BCUT2D eigenvalue weighted by molar-refractivity contribution is -0.0450. The van der Waals surface area contributed by atoms with Crippen molar-refractivity contribution >= 4 is 33.7 Å². The molecule has 3 aromatic heterocycles. The molecule has 2 fully saturated rings. The second-order valence-electron chi connectivity index (χ2n) is 7.55. The molecule has 30 heavy (non-hydrogen) atoms. The van der Waals surface area contributed by atoms with Gasteiger partial charge in [-0.15, -0.1) is 4.37 Å². The van der Waals surface area contributed by atoms with Crippen molar-refractivity contribution in [3.8, 4) is 12.1 Å². The van der Waals surface area contributed by atoms with Crippen LogP contribution in [0.2, 0.25) is 0 Å². The third kappa shape index (κ3) is 2.88. The first-order valence-corrected chi connectivity index (χ1v) is 10.5. The summed E-state index contributed by atoms with van der Waals surface area (Å²) in [5.41, 5.74) is 1.74. The van der Waals surface area contributed by atoms with E-state index in [0.717, 1.165) is 54.8 Å². The average molecular weight is 424 g/mol. The lowest BCUT2D eigenvalue weighted by Gasteiger charge is -2.60. The van der Waals surface area contributed by atoms with E-state index in [1.165, 1.54) is 7.11 Å². The van der Waals surface area contributed by atoms with Gasteiger partial charge < -0.3 is 19.9 Å². The zero-order chi connectivity index (χ0) is 20.7. The smallest absolute Gasteiger partial charge is 0.329 e. The first-order valence-electron chi connectivity index (χ1n) is 9.70. The fourth-order valence-corrected chi connectivity index (χ4v) is 5.19. The van der Waals surface area contributed by atoms with E-state index in [4.69, 9.17) is 4.74 Å². The summed E-state index contributed by atoms with van der Waals surface area (Å²) < 4.78 is 9.05. The third-order valence-corrected chi connectivity index (χ3v) is 6.56. The quantitative estimate of drug-likeness (QED) is 0.588. The van der Waals surface area contributed by atoms with Gasteiger partial charge >= 0.3 is 12.0 Å². The summed E-state index contributed by atoms with van der Waals surface area (Å²) >= 11 is 1.07. The number of amides is 2. The van der Waals surface area contributed by atoms with Crippen LogP contribution in [0.25, 0.3) is 11.0 Å². The SMILES string of the molecule is COc1nsc(NC(=O)N2C(c3c(C#N)cnc4[nH]ccc34)CC23CCCNC3)n1. The van der Waals surface area contributed by atoms with Crippen LogP contribution in [0.5, 0.6) is 6.01 Å². The number of nitrogens with one attached hydrogen (secondary N) is 3. The van der Waals surface area contributed by atoms with Crippen molar-refractivity contribution in [3.05, 3.63) is 29.6 Å². The van der Waals surface area contributed by atoms with Gasteiger partial charge in [-0.05, 0) is 31.9 Å². The number of aromatic nitrogens is 4. The van der Waals surface area contributed by atoms with Gasteiger partial charge in [-0.1, -0.05) is 0 Å². The number of rotatable bonds is 3. The maximum Gasteiger partial charge on any atom is 0.329 e. The van der Waals surface area contributed by atoms with Gasteiger partial charge in [0.1, 0.15) is 11.7 Å². The van der Waals surface area contributed by atoms with E-state index < -0.39 is 0 Å². The minimum Gasteiger partial charge on any atom is -0.466 e. The number of hydrogen-bond acceptors (Lipinski definition) is 8. The summed E-state index contributed by atoms with van der Waals surface area (Å²) in [5, 5.41) is 17.2. The van der Waals surface area contributed by atoms with Gasteiger partial charge in [0.05, 0.1) is 24.3 Å². The number of likely N-dealkylation sites (tertiary alicyclic amines) is 1. The summed E-state index contributed by atoms with van der Waals surface area (Å²) in [4.78, 5) is 26.9. The third-order valence-electron chi connectivity index (χ3n) is 5.95. The second kappa shape index (κ2) is 7.23. The van der Waals surface area contributed by atoms with E-state index in [9.17, 15) is 10.1 Å². The van der Waals surface area contributed by atoms with Gasteiger partial charge in [-0.25, -0.2) is 9.78 Å². The fraction of sp³-hybridized carbons (Fsp3) is 0.421. The van der Waals surface area contributed by atoms with E-state index in [1.54, 1.807) is 12.4 Å². The van der Waals surface area contributed by atoms with E-state index in [-0.39, 0.29) is 23.6 Å². The summed E-state index contributed by atoms with van der Waals surface area (Å²) in [5.74, 6) is 0. The molecular weight excluding hydrogens is 404 g/mol. The summed E-state index contributed by atoms with van der Waals surface area (Å²) in [7, 11) is 1.48. The number of hydrogen-bond donors (Lipinski definition) is 3. The highest BCUT2D eigenvalue weighted by Gasteiger charge is 2.55. The molecule has 5 rings (SSSR count). The highest BCUT2D eigenvalue weighted by Crippen LogP contribution is 2.51. The zero-order valence-electron chi connectivity index (χ0n) is 16.3. The molecule has 0 saturated carbocycles. The maximum absolute atomic E-state index is 13.4. The zero-order valence-corrected chi connectivity index (χ0v) is 17.1. The highest BCUT2D eigenvalue weighted by atomic mass is 32.1. The first-order chi connectivity index (χ1) is 14.6. The van der Waals surface area contributed by atoms with Crippen LogP contribution >= 0.6 is 11.5 Å². The largest absolute Gasteiger partial charge is 0.466 e. The van der Waals surface area contributed by atoms with Crippen molar-refractivity contribution in [2.75, 3.05) is 25.5 Å². The fourth-order valence-electron chi connectivity index (χ4n) is 4.66. The number of carbonyl (C=O) groups excluding carboxylic acids is 1. The van der Waals surface area contributed by atoms with Crippen LogP contribution in [0.4, 0.5) is 9.93 Å². The number of carbonyl (C=O) groups is 1. The Hall–Kier alpha value is -3.23. The molecule has 2 amide bonds. The number of aromatic amines is 1. The van der Waals surface area contributed by atoms with Crippen LogP contribution in [0, 0.1) is 11.3 Å². The molecule has 1 spiro atoms. The molecule has 0 aromatic carbocycles. The Morgan fingerprint density at radius 1 is 1.53 bits per heavy atom. The number of anilines is 1. The van der Waals surface area contributed by atoms with Gasteiger partial charge in [0.25, 0.3) is 0 Å². The van der Waals surface area contributed by atoms with Crippen LogP contribution in [-0.4, -0.2) is 56.0 Å². The van der Waals surface area contributed by atoms with Gasteiger partial charge in [-0.2, -0.15) is 10.2 Å². The highest BCUT2D eigenvalue weighted by molar-refractivity contribution is 7.10. The van der Waals surface area contributed by atoms with Crippen molar-refractivity contribution in [1.82, 2.24) is 29.5 Å². The topological polar surface area (TPSA) is 132 Å². The van der Waals surface area contributed by atoms with Gasteiger partial charge in [0.15, 0.2) is 0 Å².